The Labute approximate surface area is 126 Å². The van der Waals surface area contributed by atoms with Crippen LogP contribution >= 0.6 is 11.6 Å². The number of carboxylic acids is 1. The molecule has 1 aromatic rings. The van der Waals surface area contributed by atoms with Gasteiger partial charge in [-0.3, -0.25) is 4.79 Å². The Hall–Kier alpha value is -1.49. The van der Waals surface area contributed by atoms with Gasteiger partial charge in [0.15, 0.2) is 11.5 Å². The maximum atomic E-state index is 14.6. The molecule has 0 atom stereocenters. The second-order valence-electron chi connectivity index (χ2n) is 5.52. The molecule has 1 aliphatic heterocycles. The Morgan fingerprint density at radius 3 is 2.57 bits per heavy atom. The van der Waals surface area contributed by atoms with Crippen molar-refractivity contribution in [1.82, 2.24) is 0 Å². The van der Waals surface area contributed by atoms with Crippen LogP contribution in [0.1, 0.15) is 37.7 Å². The van der Waals surface area contributed by atoms with Crippen molar-refractivity contribution in [2.45, 2.75) is 37.5 Å². The third-order valence-corrected chi connectivity index (χ3v) is 4.60. The van der Waals surface area contributed by atoms with Gasteiger partial charge in [-0.05, 0) is 12.8 Å². The molecule has 0 aromatic heterocycles. The highest BCUT2D eigenvalue weighted by atomic mass is 35.5. The summed E-state index contributed by atoms with van der Waals surface area (Å²) in [5.74, 6) is -1.20. The molecule has 1 heterocycles. The lowest BCUT2D eigenvalue weighted by Gasteiger charge is -2.36. The van der Waals surface area contributed by atoms with Crippen molar-refractivity contribution in [3.8, 4) is 11.5 Å². The first kappa shape index (κ1) is 14.4. The Morgan fingerprint density at radius 2 is 1.90 bits per heavy atom. The predicted octanol–water partition coefficient (Wildman–Crippen LogP) is 3.54. The average molecular weight is 315 g/mol. The lowest BCUT2D eigenvalue weighted by atomic mass is 9.69. The zero-order chi connectivity index (χ0) is 15.0. The summed E-state index contributed by atoms with van der Waals surface area (Å²) in [6, 6.07) is 1.35. The maximum Gasteiger partial charge on any atom is 0.314 e. The molecule has 1 saturated carbocycles. The fraction of sp³-hybridized carbons (Fsp3) is 0.533. The largest absolute Gasteiger partial charge is 0.486 e. The summed E-state index contributed by atoms with van der Waals surface area (Å²) in [5.41, 5.74) is -1.23. The molecule has 1 aliphatic carbocycles. The number of fused-ring (bicyclic) bond motifs is 1. The molecule has 1 fully saturated rings. The Balaban J connectivity index is 2.24. The highest BCUT2D eigenvalue weighted by Gasteiger charge is 2.47. The Kier molecular flexibility index (Phi) is 3.69. The van der Waals surface area contributed by atoms with Gasteiger partial charge in [0, 0.05) is 6.07 Å². The van der Waals surface area contributed by atoms with Crippen molar-refractivity contribution in [3.63, 3.8) is 0 Å². The van der Waals surface area contributed by atoms with Gasteiger partial charge in [0.25, 0.3) is 0 Å². The molecule has 0 amide bonds. The first-order chi connectivity index (χ1) is 10.1. The van der Waals surface area contributed by atoms with E-state index in [2.05, 4.69) is 0 Å². The second kappa shape index (κ2) is 5.37. The van der Waals surface area contributed by atoms with E-state index in [1.165, 1.54) is 6.07 Å². The van der Waals surface area contributed by atoms with Crippen molar-refractivity contribution in [1.29, 1.82) is 0 Å². The molecule has 1 aromatic carbocycles. The van der Waals surface area contributed by atoms with E-state index < -0.39 is 17.2 Å². The number of halogens is 2. The molecular weight excluding hydrogens is 299 g/mol. The molecule has 4 nitrogen and oxygen atoms in total. The van der Waals surface area contributed by atoms with Crippen LogP contribution in [0.3, 0.4) is 0 Å². The SMILES string of the molecule is O=C(O)C1(c2c(F)c(Cl)cc3c2OCCO3)CCCCC1. The summed E-state index contributed by atoms with van der Waals surface area (Å²) < 4.78 is 25.6. The average Bonchev–Trinajstić information content (AvgIpc) is 2.49. The van der Waals surface area contributed by atoms with Crippen LogP contribution in [0.15, 0.2) is 6.07 Å². The van der Waals surface area contributed by atoms with E-state index >= 15 is 0 Å². The molecule has 0 unspecified atom stereocenters. The number of ether oxygens (including phenoxy) is 2. The number of carboxylic acid groups (broad SMARTS) is 1. The summed E-state index contributed by atoms with van der Waals surface area (Å²) in [6.45, 7) is 0.616. The molecule has 0 radical (unpaired) electrons. The van der Waals surface area contributed by atoms with E-state index in [1.807, 2.05) is 0 Å². The van der Waals surface area contributed by atoms with Crippen molar-refractivity contribution in [2.75, 3.05) is 13.2 Å². The minimum Gasteiger partial charge on any atom is -0.486 e. The summed E-state index contributed by atoms with van der Waals surface area (Å²) >= 11 is 5.93. The number of aliphatic carboxylic acids is 1. The van der Waals surface area contributed by atoms with Crippen molar-refractivity contribution in [3.05, 3.63) is 22.5 Å². The third kappa shape index (κ3) is 2.24. The van der Waals surface area contributed by atoms with E-state index in [0.29, 0.717) is 25.2 Å². The number of hydrogen-bond acceptors (Lipinski definition) is 3. The van der Waals surface area contributed by atoms with E-state index in [9.17, 15) is 14.3 Å². The molecule has 114 valence electrons. The van der Waals surface area contributed by atoms with Gasteiger partial charge in [0.2, 0.25) is 0 Å². The predicted molar refractivity (Wildman–Crippen MR) is 74.8 cm³/mol. The highest BCUT2D eigenvalue weighted by molar-refractivity contribution is 6.31. The van der Waals surface area contributed by atoms with Crippen LogP contribution in [0, 0.1) is 5.82 Å². The van der Waals surface area contributed by atoms with Crippen LogP contribution in [0.25, 0.3) is 0 Å². The van der Waals surface area contributed by atoms with E-state index in [1.54, 1.807) is 0 Å². The molecule has 0 saturated heterocycles. The van der Waals surface area contributed by atoms with Crippen LogP contribution < -0.4 is 9.47 Å². The van der Waals surface area contributed by atoms with Crippen molar-refractivity contribution >= 4 is 17.6 Å². The fourth-order valence-electron chi connectivity index (χ4n) is 3.29. The highest BCUT2D eigenvalue weighted by Crippen LogP contribution is 2.50. The maximum absolute atomic E-state index is 14.6. The van der Waals surface area contributed by atoms with Crippen molar-refractivity contribution < 1.29 is 23.8 Å². The Bertz CT molecular complexity index is 582. The van der Waals surface area contributed by atoms with Gasteiger partial charge >= 0.3 is 5.97 Å². The smallest absolute Gasteiger partial charge is 0.314 e. The van der Waals surface area contributed by atoms with E-state index in [4.69, 9.17) is 21.1 Å². The summed E-state index contributed by atoms with van der Waals surface area (Å²) in [5, 5.41) is 9.63. The minimum absolute atomic E-state index is 0.0527. The van der Waals surface area contributed by atoms with E-state index in [-0.39, 0.29) is 22.9 Å². The monoisotopic (exact) mass is 314 g/mol. The van der Waals surface area contributed by atoms with Gasteiger partial charge in [-0.2, -0.15) is 0 Å². The number of rotatable bonds is 2. The fourth-order valence-corrected chi connectivity index (χ4v) is 3.48. The number of carbonyl (C=O) groups is 1. The topological polar surface area (TPSA) is 55.8 Å². The summed E-state index contributed by atoms with van der Waals surface area (Å²) in [6.07, 6.45) is 3.21. The van der Waals surface area contributed by atoms with Crippen LogP contribution in [0.2, 0.25) is 5.02 Å². The number of hydrogen-bond donors (Lipinski definition) is 1. The lowest BCUT2D eigenvalue weighted by molar-refractivity contribution is -0.145. The van der Waals surface area contributed by atoms with Crippen LogP contribution in [0.4, 0.5) is 4.39 Å². The minimum atomic E-state index is -1.28. The third-order valence-electron chi connectivity index (χ3n) is 4.32. The van der Waals surface area contributed by atoms with Gasteiger partial charge < -0.3 is 14.6 Å². The molecule has 1 N–H and O–H groups in total. The Morgan fingerprint density at radius 1 is 1.24 bits per heavy atom. The zero-order valence-electron chi connectivity index (χ0n) is 11.5. The first-order valence-corrected chi connectivity index (χ1v) is 7.45. The van der Waals surface area contributed by atoms with Crippen LogP contribution in [-0.2, 0) is 10.2 Å². The summed E-state index contributed by atoms with van der Waals surface area (Å²) in [7, 11) is 0. The normalized spacial score (nSPS) is 20.1. The van der Waals surface area contributed by atoms with E-state index in [0.717, 1.165) is 19.3 Å². The molecule has 2 aliphatic rings. The zero-order valence-corrected chi connectivity index (χ0v) is 12.2. The molecule has 0 bridgehead atoms. The van der Waals surface area contributed by atoms with Gasteiger partial charge in [0.1, 0.15) is 19.0 Å². The van der Waals surface area contributed by atoms with Gasteiger partial charge in [0.05, 0.1) is 16.0 Å². The van der Waals surface area contributed by atoms with Gasteiger partial charge in [-0.1, -0.05) is 30.9 Å². The molecule has 6 heteroatoms. The lowest BCUT2D eigenvalue weighted by Crippen LogP contribution is -2.39. The first-order valence-electron chi connectivity index (χ1n) is 7.08. The van der Waals surface area contributed by atoms with Crippen LogP contribution in [0.5, 0.6) is 11.5 Å². The van der Waals surface area contributed by atoms with Gasteiger partial charge in [-0.25, -0.2) is 4.39 Å². The second-order valence-corrected chi connectivity index (χ2v) is 5.93. The number of benzene rings is 1. The van der Waals surface area contributed by atoms with Gasteiger partial charge in [-0.15, -0.1) is 0 Å². The molecule has 3 rings (SSSR count). The standard InChI is InChI=1S/C15H16ClFO4/c16-9-8-10-13(21-7-6-20-10)11(12(9)17)15(14(18)19)4-2-1-3-5-15/h8H,1-7H2,(H,18,19). The summed E-state index contributed by atoms with van der Waals surface area (Å²) in [4.78, 5) is 11.9. The molecular formula is C15H16ClFO4. The molecule has 0 spiro atoms. The van der Waals surface area contributed by atoms with Crippen molar-refractivity contribution in [2.24, 2.45) is 0 Å². The quantitative estimate of drug-likeness (QED) is 0.907. The molecule has 21 heavy (non-hydrogen) atoms. The van der Waals surface area contributed by atoms with Crippen LogP contribution in [-0.4, -0.2) is 24.3 Å².